The lowest BCUT2D eigenvalue weighted by Gasteiger charge is -2.24. The molecule has 0 aromatic heterocycles. The number of hydrogen-bond donors (Lipinski definition) is 1. The lowest BCUT2D eigenvalue weighted by Crippen LogP contribution is -2.35. The van der Waals surface area contributed by atoms with E-state index in [9.17, 15) is 13.2 Å². The van der Waals surface area contributed by atoms with Crippen LogP contribution >= 0.6 is 0 Å². The van der Waals surface area contributed by atoms with E-state index in [0.717, 1.165) is 17.5 Å². The predicted octanol–water partition coefficient (Wildman–Crippen LogP) is 3.42. The molecular weight excluding hydrogens is 348 g/mol. The Bertz CT molecular complexity index is 828. The molecule has 1 amide bonds. The first kappa shape index (κ1) is 20.0. The van der Waals surface area contributed by atoms with E-state index in [-0.39, 0.29) is 23.8 Å². The molecule has 2 rings (SSSR count). The number of nitrogens with zero attached hydrogens (tertiary/aromatic N) is 1. The van der Waals surface area contributed by atoms with Gasteiger partial charge >= 0.3 is 0 Å². The van der Waals surface area contributed by atoms with Crippen molar-refractivity contribution in [1.29, 1.82) is 0 Å². The summed E-state index contributed by atoms with van der Waals surface area (Å²) in [7, 11) is -3.75. The van der Waals surface area contributed by atoms with Gasteiger partial charge in [-0.15, -0.1) is 0 Å². The molecule has 0 saturated carbocycles. The van der Waals surface area contributed by atoms with Crippen molar-refractivity contribution in [1.82, 2.24) is 5.32 Å². The molecule has 0 heterocycles. The number of carbonyl (C=O) groups is 1. The molecule has 0 spiro atoms. The minimum Gasteiger partial charge on any atom is -0.356 e. The van der Waals surface area contributed by atoms with Crippen molar-refractivity contribution in [2.24, 2.45) is 0 Å². The average molecular weight is 375 g/mol. The van der Waals surface area contributed by atoms with Gasteiger partial charge in [-0.05, 0) is 44.5 Å². The lowest BCUT2D eigenvalue weighted by atomic mass is 10.2. The van der Waals surface area contributed by atoms with Gasteiger partial charge < -0.3 is 5.32 Å². The van der Waals surface area contributed by atoms with Gasteiger partial charge in [0.2, 0.25) is 5.91 Å². The first-order valence-corrected chi connectivity index (χ1v) is 10.2. The molecule has 0 radical (unpaired) electrons. The molecule has 0 aliphatic rings. The van der Waals surface area contributed by atoms with Crippen LogP contribution in [0.3, 0.4) is 0 Å². The zero-order chi connectivity index (χ0) is 19.2. The monoisotopic (exact) mass is 374 g/mol. The van der Waals surface area contributed by atoms with Crippen molar-refractivity contribution in [2.45, 2.75) is 38.5 Å². The summed E-state index contributed by atoms with van der Waals surface area (Å²) in [5.74, 6) is -0.150. The minimum absolute atomic E-state index is 0.0921. The number of amides is 1. The Morgan fingerprint density at radius 1 is 0.962 bits per heavy atom. The van der Waals surface area contributed by atoms with E-state index in [0.29, 0.717) is 12.2 Å². The van der Waals surface area contributed by atoms with Crippen molar-refractivity contribution in [3.05, 3.63) is 59.7 Å². The fraction of sp³-hybridized carbons (Fsp3) is 0.350. The highest BCUT2D eigenvalue weighted by Crippen LogP contribution is 2.24. The van der Waals surface area contributed by atoms with Crippen molar-refractivity contribution in [2.75, 3.05) is 17.4 Å². The van der Waals surface area contributed by atoms with Gasteiger partial charge in [-0.1, -0.05) is 42.3 Å². The Labute approximate surface area is 156 Å². The van der Waals surface area contributed by atoms with Gasteiger partial charge in [0.05, 0.1) is 10.6 Å². The van der Waals surface area contributed by atoms with Crippen LogP contribution in [0, 0.1) is 13.8 Å². The van der Waals surface area contributed by atoms with Crippen LogP contribution in [0.5, 0.6) is 0 Å². The van der Waals surface area contributed by atoms with Crippen LogP contribution in [0.4, 0.5) is 5.69 Å². The van der Waals surface area contributed by atoms with Crippen LogP contribution < -0.4 is 9.62 Å². The Morgan fingerprint density at radius 3 is 2.04 bits per heavy atom. The molecule has 0 aliphatic heterocycles. The summed E-state index contributed by atoms with van der Waals surface area (Å²) in [6, 6.07) is 14.0. The summed E-state index contributed by atoms with van der Waals surface area (Å²) in [6.45, 7) is 6.51. The summed E-state index contributed by atoms with van der Waals surface area (Å²) < 4.78 is 27.6. The molecule has 1 N–H and O–H groups in total. The summed E-state index contributed by atoms with van der Waals surface area (Å²) in [5, 5.41) is 2.79. The molecular formula is C20H26N2O3S. The summed E-state index contributed by atoms with van der Waals surface area (Å²) >= 11 is 0. The Kier molecular flexibility index (Phi) is 6.80. The maximum absolute atomic E-state index is 13.1. The number of carbonyl (C=O) groups excluding carboxylic acids is 1. The number of rotatable bonds is 8. The molecule has 26 heavy (non-hydrogen) atoms. The van der Waals surface area contributed by atoms with Crippen LogP contribution in [0.2, 0.25) is 0 Å². The minimum atomic E-state index is -3.75. The first-order valence-electron chi connectivity index (χ1n) is 8.77. The third-order valence-electron chi connectivity index (χ3n) is 4.05. The van der Waals surface area contributed by atoms with E-state index in [1.807, 2.05) is 32.9 Å². The zero-order valence-electron chi connectivity index (χ0n) is 15.5. The third-order valence-corrected chi connectivity index (χ3v) is 5.89. The van der Waals surface area contributed by atoms with Gasteiger partial charge in [0.25, 0.3) is 10.0 Å². The fourth-order valence-electron chi connectivity index (χ4n) is 2.49. The van der Waals surface area contributed by atoms with E-state index >= 15 is 0 Å². The fourth-order valence-corrected chi connectivity index (χ4v) is 3.96. The largest absolute Gasteiger partial charge is 0.356 e. The normalized spacial score (nSPS) is 11.2. The Balaban J connectivity index is 2.31. The standard InChI is InChI=1S/C20H26N2O3S/c1-4-14-21-20(23)13-15-22(18-9-5-16(2)6-10-18)26(24,25)19-11-7-17(3)8-12-19/h5-12H,4,13-15H2,1-3H3,(H,21,23). The smallest absolute Gasteiger partial charge is 0.264 e. The second kappa shape index (κ2) is 8.85. The van der Waals surface area contributed by atoms with Gasteiger partial charge in [-0.25, -0.2) is 8.42 Å². The van der Waals surface area contributed by atoms with E-state index in [1.54, 1.807) is 36.4 Å². The molecule has 0 atom stereocenters. The second-order valence-corrected chi connectivity index (χ2v) is 8.19. The zero-order valence-corrected chi connectivity index (χ0v) is 16.3. The highest BCUT2D eigenvalue weighted by Gasteiger charge is 2.25. The van der Waals surface area contributed by atoms with Crippen LogP contribution in [0.15, 0.2) is 53.4 Å². The molecule has 0 fully saturated rings. The highest BCUT2D eigenvalue weighted by atomic mass is 32.2. The van der Waals surface area contributed by atoms with Gasteiger partial charge in [0.15, 0.2) is 0 Å². The van der Waals surface area contributed by atoms with E-state index in [1.165, 1.54) is 4.31 Å². The van der Waals surface area contributed by atoms with E-state index in [4.69, 9.17) is 0 Å². The molecule has 0 aliphatic carbocycles. The number of aryl methyl sites for hydroxylation is 2. The Morgan fingerprint density at radius 2 is 1.50 bits per heavy atom. The average Bonchev–Trinajstić information content (AvgIpc) is 2.61. The van der Waals surface area contributed by atoms with Crippen LogP contribution in [0.1, 0.15) is 30.9 Å². The van der Waals surface area contributed by atoms with Crippen molar-refractivity contribution >= 4 is 21.6 Å². The van der Waals surface area contributed by atoms with Crippen LogP contribution in [-0.2, 0) is 14.8 Å². The van der Waals surface area contributed by atoms with E-state index < -0.39 is 10.0 Å². The molecule has 0 saturated heterocycles. The molecule has 2 aromatic carbocycles. The van der Waals surface area contributed by atoms with Crippen molar-refractivity contribution < 1.29 is 13.2 Å². The lowest BCUT2D eigenvalue weighted by molar-refractivity contribution is -0.120. The van der Waals surface area contributed by atoms with Gasteiger partial charge in [-0.2, -0.15) is 0 Å². The van der Waals surface area contributed by atoms with Crippen molar-refractivity contribution in [3.8, 4) is 0 Å². The number of anilines is 1. The number of benzene rings is 2. The molecule has 0 unspecified atom stereocenters. The summed E-state index contributed by atoms with van der Waals surface area (Å²) in [5.41, 5.74) is 2.59. The molecule has 5 nitrogen and oxygen atoms in total. The topological polar surface area (TPSA) is 66.5 Å². The highest BCUT2D eigenvalue weighted by molar-refractivity contribution is 7.92. The van der Waals surface area contributed by atoms with Crippen molar-refractivity contribution in [3.63, 3.8) is 0 Å². The maximum atomic E-state index is 13.1. The van der Waals surface area contributed by atoms with Crippen LogP contribution in [-0.4, -0.2) is 27.4 Å². The summed E-state index contributed by atoms with van der Waals surface area (Å²) in [6.07, 6.45) is 0.952. The molecule has 140 valence electrons. The van der Waals surface area contributed by atoms with Gasteiger partial charge in [-0.3, -0.25) is 9.10 Å². The SMILES string of the molecule is CCCNC(=O)CCN(c1ccc(C)cc1)S(=O)(=O)c1ccc(C)cc1. The summed E-state index contributed by atoms with van der Waals surface area (Å²) in [4.78, 5) is 12.2. The first-order chi connectivity index (χ1) is 12.3. The number of sulfonamides is 1. The quantitative estimate of drug-likeness (QED) is 0.770. The Hall–Kier alpha value is -2.34. The second-order valence-electron chi connectivity index (χ2n) is 6.33. The van der Waals surface area contributed by atoms with Gasteiger partial charge in [0, 0.05) is 19.5 Å². The predicted molar refractivity (Wildman–Crippen MR) is 105 cm³/mol. The molecule has 6 heteroatoms. The van der Waals surface area contributed by atoms with Gasteiger partial charge in [0.1, 0.15) is 0 Å². The third kappa shape index (κ3) is 5.08. The number of nitrogens with one attached hydrogen (secondary N) is 1. The van der Waals surface area contributed by atoms with Crippen LogP contribution in [0.25, 0.3) is 0 Å². The van der Waals surface area contributed by atoms with E-state index in [2.05, 4.69) is 5.32 Å². The molecule has 0 bridgehead atoms. The number of hydrogen-bond acceptors (Lipinski definition) is 3. The molecule has 2 aromatic rings. The maximum Gasteiger partial charge on any atom is 0.264 e.